The van der Waals surface area contributed by atoms with Crippen LogP contribution in [-0.2, 0) is 0 Å². The van der Waals surface area contributed by atoms with Crippen molar-refractivity contribution in [1.29, 1.82) is 0 Å². The summed E-state index contributed by atoms with van der Waals surface area (Å²) in [6.07, 6.45) is 3.13. The standard InChI is InChI=1S/C17H12N4O2/c22-16-15(12-7-4-8-18-10-12)17(23)21-14(19-16)9-13(20-21)11-5-2-1-3-6-11/h1-10,19,22H. The maximum atomic E-state index is 12.7. The number of nitrogens with zero attached hydrogens (tertiary/aromatic N) is 3. The summed E-state index contributed by atoms with van der Waals surface area (Å²) in [5.41, 5.74) is 2.26. The quantitative estimate of drug-likeness (QED) is 0.596. The van der Waals surface area contributed by atoms with Gasteiger partial charge in [0.2, 0.25) is 5.88 Å². The smallest absolute Gasteiger partial charge is 0.286 e. The van der Waals surface area contributed by atoms with Gasteiger partial charge in [-0.15, -0.1) is 0 Å². The van der Waals surface area contributed by atoms with Crippen molar-refractivity contribution < 1.29 is 5.11 Å². The lowest BCUT2D eigenvalue weighted by atomic mass is 10.1. The van der Waals surface area contributed by atoms with E-state index in [1.165, 1.54) is 10.7 Å². The van der Waals surface area contributed by atoms with E-state index in [1.807, 2.05) is 30.3 Å². The van der Waals surface area contributed by atoms with Crippen molar-refractivity contribution in [3.63, 3.8) is 0 Å². The van der Waals surface area contributed by atoms with Gasteiger partial charge in [0.15, 0.2) is 0 Å². The predicted molar refractivity (Wildman–Crippen MR) is 86.1 cm³/mol. The van der Waals surface area contributed by atoms with Crippen LogP contribution in [0.1, 0.15) is 0 Å². The molecule has 0 aliphatic carbocycles. The summed E-state index contributed by atoms with van der Waals surface area (Å²) in [5.74, 6) is -0.199. The monoisotopic (exact) mass is 304 g/mol. The van der Waals surface area contributed by atoms with Crippen LogP contribution >= 0.6 is 0 Å². The normalized spacial score (nSPS) is 11.0. The van der Waals surface area contributed by atoms with Gasteiger partial charge < -0.3 is 10.1 Å². The van der Waals surface area contributed by atoms with Gasteiger partial charge in [-0.25, -0.2) is 0 Å². The third kappa shape index (κ3) is 2.17. The summed E-state index contributed by atoms with van der Waals surface area (Å²) in [5, 5.41) is 14.5. The molecule has 0 radical (unpaired) electrons. The van der Waals surface area contributed by atoms with Gasteiger partial charge in [-0.2, -0.15) is 9.61 Å². The number of aromatic amines is 1. The first kappa shape index (κ1) is 13.3. The Labute approximate surface area is 130 Å². The second-order valence-electron chi connectivity index (χ2n) is 5.09. The molecule has 23 heavy (non-hydrogen) atoms. The molecule has 0 spiro atoms. The molecule has 2 N–H and O–H groups in total. The molecule has 0 fully saturated rings. The Bertz CT molecular complexity index is 1040. The van der Waals surface area contributed by atoms with Crippen molar-refractivity contribution in [2.75, 3.05) is 0 Å². The Balaban J connectivity index is 1.97. The largest absolute Gasteiger partial charge is 0.494 e. The third-order valence-electron chi connectivity index (χ3n) is 3.62. The number of aromatic hydroxyl groups is 1. The van der Waals surface area contributed by atoms with Gasteiger partial charge in [0.05, 0.1) is 5.69 Å². The van der Waals surface area contributed by atoms with E-state index in [9.17, 15) is 9.90 Å². The highest BCUT2D eigenvalue weighted by Crippen LogP contribution is 2.25. The molecule has 6 nitrogen and oxygen atoms in total. The van der Waals surface area contributed by atoms with E-state index in [4.69, 9.17) is 0 Å². The zero-order valence-corrected chi connectivity index (χ0v) is 12.0. The van der Waals surface area contributed by atoms with Gasteiger partial charge in [0.25, 0.3) is 5.56 Å². The van der Waals surface area contributed by atoms with E-state index in [-0.39, 0.29) is 11.4 Å². The van der Waals surface area contributed by atoms with Gasteiger partial charge in [-0.05, 0) is 6.07 Å². The van der Waals surface area contributed by atoms with E-state index in [2.05, 4.69) is 15.1 Å². The molecule has 0 saturated heterocycles. The molecular formula is C17H12N4O2. The summed E-state index contributed by atoms with van der Waals surface area (Å²) in [7, 11) is 0. The van der Waals surface area contributed by atoms with Crippen molar-refractivity contribution in [2.24, 2.45) is 0 Å². The molecule has 3 aromatic heterocycles. The van der Waals surface area contributed by atoms with E-state index >= 15 is 0 Å². The van der Waals surface area contributed by atoms with Crippen LogP contribution in [0.4, 0.5) is 0 Å². The van der Waals surface area contributed by atoms with E-state index in [1.54, 1.807) is 24.4 Å². The average Bonchev–Trinajstić information content (AvgIpc) is 3.01. The molecule has 0 unspecified atom stereocenters. The van der Waals surface area contributed by atoms with Gasteiger partial charge in [-0.1, -0.05) is 36.4 Å². The molecule has 0 aliphatic heterocycles. The van der Waals surface area contributed by atoms with Gasteiger partial charge in [0.1, 0.15) is 11.2 Å². The molecule has 112 valence electrons. The summed E-state index contributed by atoms with van der Waals surface area (Å²) in [6.45, 7) is 0. The molecule has 0 aliphatic rings. The highest BCUT2D eigenvalue weighted by molar-refractivity contribution is 5.70. The van der Waals surface area contributed by atoms with Crippen molar-refractivity contribution in [3.8, 4) is 28.3 Å². The van der Waals surface area contributed by atoms with Crippen LogP contribution in [-0.4, -0.2) is 24.7 Å². The lowest BCUT2D eigenvalue weighted by molar-refractivity contribution is 0.454. The molecule has 4 aromatic rings. The molecule has 0 amide bonds. The van der Waals surface area contributed by atoms with Crippen LogP contribution in [0.5, 0.6) is 5.88 Å². The Kier molecular flexibility index (Phi) is 2.94. The summed E-state index contributed by atoms with van der Waals surface area (Å²) >= 11 is 0. The molecular weight excluding hydrogens is 292 g/mol. The van der Waals surface area contributed by atoms with Crippen LogP contribution in [0.25, 0.3) is 28.0 Å². The van der Waals surface area contributed by atoms with Gasteiger partial charge >= 0.3 is 0 Å². The first-order valence-electron chi connectivity index (χ1n) is 7.05. The molecule has 3 heterocycles. The molecule has 1 aromatic carbocycles. The maximum absolute atomic E-state index is 12.7. The zero-order valence-electron chi connectivity index (χ0n) is 12.0. The van der Waals surface area contributed by atoms with Crippen molar-refractivity contribution in [2.45, 2.75) is 0 Å². The third-order valence-corrected chi connectivity index (χ3v) is 3.62. The number of pyridine rings is 1. The van der Waals surface area contributed by atoms with Crippen molar-refractivity contribution in [3.05, 3.63) is 71.3 Å². The van der Waals surface area contributed by atoms with E-state index < -0.39 is 5.56 Å². The second-order valence-corrected chi connectivity index (χ2v) is 5.09. The number of hydrogen-bond donors (Lipinski definition) is 2. The summed E-state index contributed by atoms with van der Waals surface area (Å²) in [6, 6.07) is 14.7. The number of nitrogens with one attached hydrogen (secondary N) is 1. The fourth-order valence-electron chi connectivity index (χ4n) is 2.54. The molecule has 0 saturated carbocycles. The minimum absolute atomic E-state index is 0.147. The van der Waals surface area contributed by atoms with Crippen molar-refractivity contribution >= 4 is 5.65 Å². The number of rotatable bonds is 2. The molecule has 0 atom stereocenters. The number of aromatic nitrogens is 4. The van der Waals surface area contributed by atoms with E-state index in [0.717, 1.165) is 5.56 Å². The van der Waals surface area contributed by atoms with Crippen LogP contribution in [0.2, 0.25) is 0 Å². The van der Waals surface area contributed by atoms with Crippen molar-refractivity contribution in [1.82, 2.24) is 19.6 Å². The lowest BCUT2D eigenvalue weighted by Crippen LogP contribution is -2.17. The van der Waals surface area contributed by atoms with Crippen LogP contribution in [0.15, 0.2) is 65.7 Å². The van der Waals surface area contributed by atoms with Crippen LogP contribution < -0.4 is 5.56 Å². The molecule has 4 rings (SSSR count). The minimum Gasteiger partial charge on any atom is -0.494 e. The molecule has 0 bridgehead atoms. The summed E-state index contributed by atoms with van der Waals surface area (Å²) < 4.78 is 1.25. The first-order chi connectivity index (χ1) is 11.2. The number of fused-ring (bicyclic) bond motifs is 1. The fraction of sp³-hybridized carbons (Fsp3) is 0. The van der Waals surface area contributed by atoms with Crippen LogP contribution in [0, 0.1) is 0 Å². The van der Waals surface area contributed by atoms with Crippen LogP contribution in [0.3, 0.4) is 0 Å². The zero-order chi connectivity index (χ0) is 15.8. The van der Waals surface area contributed by atoms with E-state index in [0.29, 0.717) is 16.9 Å². The second kappa shape index (κ2) is 5.10. The topological polar surface area (TPSA) is 83.3 Å². The van der Waals surface area contributed by atoms with Gasteiger partial charge in [-0.3, -0.25) is 9.78 Å². The Hall–Kier alpha value is -3.41. The maximum Gasteiger partial charge on any atom is 0.286 e. The molecule has 6 heteroatoms. The summed E-state index contributed by atoms with van der Waals surface area (Å²) in [4.78, 5) is 19.5. The van der Waals surface area contributed by atoms with Gasteiger partial charge in [0, 0.05) is 29.6 Å². The Morgan fingerprint density at radius 1 is 1.04 bits per heavy atom. The number of benzene rings is 1. The SMILES string of the molecule is O=c1c(-c2cccnc2)c(O)[nH]c2cc(-c3ccccc3)nn12. The Morgan fingerprint density at radius 2 is 1.83 bits per heavy atom. The number of hydrogen-bond acceptors (Lipinski definition) is 4. The fourth-order valence-corrected chi connectivity index (χ4v) is 2.54. The minimum atomic E-state index is -0.397. The average molecular weight is 304 g/mol. The predicted octanol–water partition coefficient (Wildman–Crippen LogP) is 2.46. The Morgan fingerprint density at radius 3 is 2.57 bits per heavy atom. The highest BCUT2D eigenvalue weighted by atomic mass is 16.3. The highest BCUT2D eigenvalue weighted by Gasteiger charge is 2.16. The number of H-pyrrole nitrogens is 1. The lowest BCUT2D eigenvalue weighted by Gasteiger charge is -2.04. The first-order valence-corrected chi connectivity index (χ1v) is 7.05.